The second kappa shape index (κ2) is 5.34. The van der Waals surface area contributed by atoms with Gasteiger partial charge in [-0.1, -0.05) is 24.3 Å². The van der Waals surface area contributed by atoms with Gasteiger partial charge in [0, 0.05) is 18.6 Å². The van der Waals surface area contributed by atoms with Crippen molar-refractivity contribution in [2.45, 2.75) is 12.5 Å². The lowest BCUT2D eigenvalue weighted by molar-refractivity contribution is 0.237. The van der Waals surface area contributed by atoms with Gasteiger partial charge in [-0.3, -0.25) is 0 Å². The molecule has 3 N–H and O–H groups in total. The Balaban J connectivity index is 1.63. The fraction of sp³-hybridized carbons (Fsp3) is 0.286. The summed E-state index contributed by atoms with van der Waals surface area (Å²) in [5, 5.41) is 11.9. The number of urea groups is 1. The molecule has 3 rings (SSSR count). The fourth-order valence-corrected chi connectivity index (χ4v) is 2.38. The molecule has 0 saturated carbocycles. The molecular weight excluding hydrogens is 256 g/mol. The lowest BCUT2D eigenvalue weighted by atomic mass is 10.1. The van der Waals surface area contributed by atoms with Gasteiger partial charge in [-0.15, -0.1) is 0 Å². The highest BCUT2D eigenvalue weighted by atomic mass is 16.3. The van der Waals surface area contributed by atoms with Crippen molar-refractivity contribution in [3.8, 4) is 0 Å². The number of benzene rings is 1. The zero-order valence-electron chi connectivity index (χ0n) is 10.9. The number of para-hydroxylation sites is 2. The van der Waals surface area contributed by atoms with Gasteiger partial charge in [0.2, 0.25) is 0 Å². The number of fused-ring (bicyclic) bond motifs is 1. The minimum atomic E-state index is -0.290. The summed E-state index contributed by atoms with van der Waals surface area (Å²) < 4.78 is 1.59. The number of aromatic nitrogens is 2. The van der Waals surface area contributed by atoms with Crippen LogP contribution in [0.3, 0.4) is 0 Å². The van der Waals surface area contributed by atoms with E-state index in [1.807, 2.05) is 36.4 Å². The van der Waals surface area contributed by atoms with Gasteiger partial charge in [0.15, 0.2) is 0 Å². The summed E-state index contributed by atoms with van der Waals surface area (Å²) in [4.78, 5) is 16.1. The second-order valence-corrected chi connectivity index (χ2v) is 4.86. The van der Waals surface area contributed by atoms with Crippen LogP contribution in [0.5, 0.6) is 0 Å². The molecule has 2 aromatic rings. The Kier molecular flexibility index (Phi) is 3.39. The quantitative estimate of drug-likeness (QED) is 0.735. The number of nitrogens with zero attached hydrogens (tertiary/aromatic N) is 2. The van der Waals surface area contributed by atoms with Crippen molar-refractivity contribution >= 4 is 17.1 Å². The number of carbonyl (C=O) groups excluding carboxylic acids is 1. The maximum Gasteiger partial charge on any atom is 0.334 e. The SMILES string of the molecule is O=C(N[C@@H]1C=C[C@H](CO)C1)Nn1cnc2ccccc21. The first-order chi connectivity index (χ1) is 9.76. The number of nitrogens with one attached hydrogen (secondary N) is 2. The minimum absolute atomic E-state index is 0.0399. The minimum Gasteiger partial charge on any atom is -0.396 e. The normalized spacial score (nSPS) is 21.2. The second-order valence-electron chi connectivity index (χ2n) is 4.86. The Hall–Kier alpha value is -2.34. The Labute approximate surface area is 116 Å². The molecule has 0 unspecified atom stereocenters. The van der Waals surface area contributed by atoms with Crippen molar-refractivity contribution in [1.29, 1.82) is 0 Å². The zero-order valence-corrected chi connectivity index (χ0v) is 10.9. The van der Waals surface area contributed by atoms with Crippen molar-refractivity contribution in [2.75, 3.05) is 12.0 Å². The van der Waals surface area contributed by atoms with Gasteiger partial charge in [0.25, 0.3) is 0 Å². The van der Waals surface area contributed by atoms with Gasteiger partial charge in [0.05, 0.1) is 11.0 Å². The molecule has 6 nitrogen and oxygen atoms in total. The summed E-state index contributed by atoms with van der Waals surface area (Å²) in [6.45, 7) is 0.114. The van der Waals surface area contributed by atoms with Crippen LogP contribution in [0.2, 0.25) is 0 Å². The van der Waals surface area contributed by atoms with Crippen molar-refractivity contribution in [2.24, 2.45) is 5.92 Å². The van der Waals surface area contributed by atoms with E-state index >= 15 is 0 Å². The molecule has 6 heteroatoms. The molecule has 0 radical (unpaired) electrons. The summed E-state index contributed by atoms with van der Waals surface area (Å²) in [7, 11) is 0. The predicted molar refractivity (Wildman–Crippen MR) is 75.7 cm³/mol. The van der Waals surface area contributed by atoms with E-state index in [-0.39, 0.29) is 24.6 Å². The molecule has 0 fully saturated rings. The van der Waals surface area contributed by atoms with Crippen molar-refractivity contribution in [1.82, 2.24) is 15.0 Å². The largest absolute Gasteiger partial charge is 0.396 e. The molecule has 0 aliphatic heterocycles. The average Bonchev–Trinajstić information content (AvgIpc) is 3.06. The van der Waals surface area contributed by atoms with E-state index in [1.165, 1.54) is 0 Å². The van der Waals surface area contributed by atoms with Gasteiger partial charge in [-0.2, -0.15) is 0 Å². The molecule has 104 valence electrons. The molecule has 1 aromatic heterocycles. The number of imidazole rings is 1. The van der Waals surface area contributed by atoms with Crippen LogP contribution >= 0.6 is 0 Å². The maximum absolute atomic E-state index is 11.9. The number of aliphatic hydroxyl groups excluding tert-OH is 1. The van der Waals surface area contributed by atoms with Gasteiger partial charge in [-0.05, 0) is 18.6 Å². The van der Waals surface area contributed by atoms with Crippen LogP contribution in [0.4, 0.5) is 4.79 Å². The molecule has 1 heterocycles. The van der Waals surface area contributed by atoms with Gasteiger partial charge in [0.1, 0.15) is 6.33 Å². The van der Waals surface area contributed by atoms with E-state index < -0.39 is 0 Å². The summed E-state index contributed by atoms with van der Waals surface area (Å²) in [5.41, 5.74) is 4.41. The molecule has 1 aromatic carbocycles. The predicted octanol–water partition coefficient (Wildman–Crippen LogP) is 1.23. The van der Waals surface area contributed by atoms with Crippen LogP contribution in [0.25, 0.3) is 11.0 Å². The summed E-state index contributed by atoms with van der Waals surface area (Å²) >= 11 is 0. The molecular formula is C14H16N4O2. The maximum atomic E-state index is 11.9. The first-order valence-electron chi connectivity index (χ1n) is 6.55. The van der Waals surface area contributed by atoms with Gasteiger partial charge < -0.3 is 10.4 Å². The zero-order chi connectivity index (χ0) is 13.9. The molecule has 20 heavy (non-hydrogen) atoms. The highest BCUT2D eigenvalue weighted by Crippen LogP contribution is 2.17. The molecule has 2 atom stereocenters. The molecule has 0 bridgehead atoms. The number of amides is 2. The van der Waals surface area contributed by atoms with E-state index in [0.717, 1.165) is 17.5 Å². The Morgan fingerprint density at radius 1 is 1.40 bits per heavy atom. The van der Waals surface area contributed by atoms with E-state index in [4.69, 9.17) is 5.11 Å². The van der Waals surface area contributed by atoms with Crippen molar-refractivity contribution in [3.63, 3.8) is 0 Å². The lowest BCUT2D eigenvalue weighted by Gasteiger charge is -2.14. The molecule has 0 saturated heterocycles. The van der Waals surface area contributed by atoms with Crippen molar-refractivity contribution in [3.05, 3.63) is 42.7 Å². The average molecular weight is 272 g/mol. The highest BCUT2D eigenvalue weighted by Gasteiger charge is 2.19. The topological polar surface area (TPSA) is 79.2 Å². The number of rotatable bonds is 3. The molecule has 0 spiro atoms. The lowest BCUT2D eigenvalue weighted by Crippen LogP contribution is -2.39. The first kappa shape index (κ1) is 12.7. The van der Waals surface area contributed by atoms with E-state index in [9.17, 15) is 4.79 Å². The van der Waals surface area contributed by atoms with Crippen molar-refractivity contribution < 1.29 is 9.90 Å². The third kappa shape index (κ3) is 2.50. The number of hydrogen-bond acceptors (Lipinski definition) is 3. The highest BCUT2D eigenvalue weighted by molar-refractivity contribution is 5.85. The van der Waals surface area contributed by atoms with E-state index in [1.54, 1.807) is 11.0 Å². The van der Waals surface area contributed by atoms with Crippen LogP contribution in [-0.4, -0.2) is 33.4 Å². The molecule has 2 amide bonds. The Morgan fingerprint density at radius 2 is 2.25 bits per heavy atom. The van der Waals surface area contributed by atoms with Crippen LogP contribution in [-0.2, 0) is 0 Å². The van der Waals surface area contributed by atoms with Gasteiger partial charge in [-0.25, -0.2) is 19.9 Å². The third-order valence-corrected chi connectivity index (χ3v) is 3.40. The molecule has 1 aliphatic carbocycles. The van der Waals surface area contributed by atoms with Crippen LogP contribution in [0.15, 0.2) is 42.7 Å². The van der Waals surface area contributed by atoms with Crippen LogP contribution in [0.1, 0.15) is 6.42 Å². The standard InChI is InChI=1S/C14H16N4O2/c19-8-10-5-6-11(7-10)16-14(20)17-18-9-15-12-3-1-2-4-13(12)18/h1-6,9-11,19H,7-8H2,(H2,16,17,20)/t10-,11+/m0/s1. The number of aliphatic hydroxyl groups is 1. The summed E-state index contributed by atoms with van der Waals surface area (Å²) in [5.74, 6) is 0.134. The van der Waals surface area contributed by atoms with E-state index in [2.05, 4.69) is 15.7 Å². The van der Waals surface area contributed by atoms with E-state index in [0.29, 0.717) is 0 Å². The first-order valence-corrected chi connectivity index (χ1v) is 6.55. The fourth-order valence-electron chi connectivity index (χ4n) is 2.38. The van der Waals surface area contributed by atoms with Crippen LogP contribution in [0, 0.1) is 5.92 Å². The Morgan fingerprint density at radius 3 is 3.05 bits per heavy atom. The Bertz CT molecular complexity index is 649. The number of carbonyl (C=O) groups is 1. The third-order valence-electron chi connectivity index (χ3n) is 3.40. The monoisotopic (exact) mass is 272 g/mol. The summed E-state index contributed by atoms with van der Waals surface area (Å²) in [6, 6.07) is 7.24. The number of hydrogen-bond donors (Lipinski definition) is 3. The molecule has 1 aliphatic rings. The van der Waals surface area contributed by atoms with Gasteiger partial charge >= 0.3 is 6.03 Å². The van der Waals surface area contributed by atoms with Crippen LogP contribution < -0.4 is 10.7 Å². The smallest absolute Gasteiger partial charge is 0.334 e. The summed E-state index contributed by atoms with van der Waals surface area (Å²) in [6.07, 6.45) is 6.14.